The Morgan fingerprint density at radius 1 is 0.571 bits per heavy atom. The Kier molecular flexibility index (Phi) is 3.36. The average Bonchev–Trinajstić information content (AvgIpc) is 2.46. The average molecular weight is 310 g/mol. The van der Waals surface area contributed by atoms with Gasteiger partial charge in [-0.15, -0.1) is 0 Å². The van der Waals surface area contributed by atoms with Gasteiger partial charge in [0.15, 0.2) is 34.7 Å². The lowest BCUT2D eigenvalue weighted by Gasteiger charge is -2.12. The van der Waals surface area contributed by atoms with Crippen LogP contribution in [0.4, 0.5) is 26.3 Å². The van der Waals surface area contributed by atoms with E-state index in [2.05, 4.69) is 0 Å². The van der Waals surface area contributed by atoms with Gasteiger partial charge in [0.25, 0.3) is 0 Å². The molecule has 0 amide bonds. The number of halogens is 6. The highest BCUT2D eigenvalue weighted by molar-refractivity contribution is 5.75. The lowest BCUT2D eigenvalue weighted by atomic mass is 10.0. The van der Waals surface area contributed by atoms with Crippen LogP contribution in [0.5, 0.6) is 17.2 Å². The molecule has 3 N–H and O–H groups in total. The summed E-state index contributed by atoms with van der Waals surface area (Å²) in [6, 6.07) is 0.0296. The van der Waals surface area contributed by atoms with Crippen LogP contribution in [-0.4, -0.2) is 15.3 Å². The molecule has 0 heterocycles. The van der Waals surface area contributed by atoms with E-state index in [-0.39, 0.29) is 6.07 Å². The van der Waals surface area contributed by atoms with Crippen molar-refractivity contribution in [3.63, 3.8) is 0 Å². The minimum atomic E-state index is -2.20. The molecule has 2 aromatic rings. The van der Waals surface area contributed by atoms with Gasteiger partial charge in [-0.3, -0.25) is 0 Å². The third-order valence-electron chi connectivity index (χ3n) is 2.68. The second-order valence-corrected chi connectivity index (χ2v) is 3.90. The fourth-order valence-electron chi connectivity index (χ4n) is 1.65. The van der Waals surface area contributed by atoms with E-state index in [0.29, 0.717) is 0 Å². The van der Waals surface area contributed by atoms with Crippen molar-refractivity contribution < 1.29 is 41.7 Å². The van der Waals surface area contributed by atoms with E-state index in [0.717, 1.165) is 0 Å². The summed E-state index contributed by atoms with van der Waals surface area (Å²) in [5.74, 6) is -17.7. The first-order valence-corrected chi connectivity index (χ1v) is 5.13. The molecule has 2 rings (SSSR count). The molecule has 0 aliphatic carbocycles. The number of benzene rings is 2. The molecule has 0 saturated carbocycles. The van der Waals surface area contributed by atoms with Gasteiger partial charge in [0, 0.05) is 5.56 Å². The highest BCUT2D eigenvalue weighted by Gasteiger charge is 2.30. The molecule has 0 fully saturated rings. The van der Waals surface area contributed by atoms with E-state index in [9.17, 15) is 31.4 Å². The molecular formula is C12H4F6O3. The van der Waals surface area contributed by atoms with Gasteiger partial charge in [0.1, 0.15) is 0 Å². The van der Waals surface area contributed by atoms with Gasteiger partial charge in [-0.2, -0.15) is 13.2 Å². The van der Waals surface area contributed by atoms with Gasteiger partial charge in [0.2, 0.25) is 17.5 Å². The van der Waals surface area contributed by atoms with Crippen molar-refractivity contribution in [2.45, 2.75) is 0 Å². The van der Waals surface area contributed by atoms with Crippen LogP contribution in [-0.2, 0) is 0 Å². The smallest absolute Gasteiger partial charge is 0.204 e. The molecule has 0 aromatic heterocycles. The van der Waals surface area contributed by atoms with Crippen LogP contribution in [0.1, 0.15) is 0 Å². The highest BCUT2D eigenvalue weighted by atomic mass is 19.2. The van der Waals surface area contributed by atoms with Crippen molar-refractivity contribution in [2.75, 3.05) is 0 Å². The van der Waals surface area contributed by atoms with Gasteiger partial charge < -0.3 is 15.3 Å². The number of rotatable bonds is 1. The number of phenols is 3. The predicted octanol–water partition coefficient (Wildman–Crippen LogP) is 3.31. The maximum atomic E-state index is 13.6. The van der Waals surface area contributed by atoms with Crippen LogP contribution in [0, 0.1) is 34.9 Å². The van der Waals surface area contributed by atoms with E-state index >= 15 is 0 Å². The maximum Gasteiger partial charge on any atom is 0.204 e. The fraction of sp³-hybridized carbons (Fsp3) is 0. The lowest BCUT2D eigenvalue weighted by Crippen LogP contribution is -2.01. The molecule has 3 nitrogen and oxygen atoms in total. The summed E-state index contributed by atoms with van der Waals surface area (Å²) in [6.07, 6.45) is 0. The van der Waals surface area contributed by atoms with Gasteiger partial charge in [-0.05, 0) is 6.07 Å². The maximum absolute atomic E-state index is 13.6. The van der Waals surface area contributed by atoms with E-state index < -0.39 is 63.3 Å². The zero-order valence-electron chi connectivity index (χ0n) is 9.69. The van der Waals surface area contributed by atoms with Crippen LogP contribution in [0.25, 0.3) is 11.1 Å². The topological polar surface area (TPSA) is 60.7 Å². The summed E-state index contributed by atoms with van der Waals surface area (Å²) >= 11 is 0. The predicted molar refractivity (Wildman–Crippen MR) is 56.6 cm³/mol. The quantitative estimate of drug-likeness (QED) is 0.430. The van der Waals surface area contributed by atoms with Crippen molar-refractivity contribution in [3.8, 4) is 28.4 Å². The van der Waals surface area contributed by atoms with Crippen LogP contribution in [0.3, 0.4) is 0 Å². The van der Waals surface area contributed by atoms with Crippen LogP contribution >= 0.6 is 0 Å². The first-order chi connectivity index (χ1) is 9.68. The Hall–Kier alpha value is -2.58. The summed E-state index contributed by atoms with van der Waals surface area (Å²) in [5, 5.41) is 27.2. The van der Waals surface area contributed by atoms with E-state index in [1.54, 1.807) is 0 Å². The number of hydrogen-bond donors (Lipinski definition) is 3. The van der Waals surface area contributed by atoms with Crippen LogP contribution in [0.15, 0.2) is 6.07 Å². The van der Waals surface area contributed by atoms with Gasteiger partial charge in [0.05, 0.1) is 5.56 Å². The summed E-state index contributed by atoms with van der Waals surface area (Å²) in [5.41, 5.74) is -2.85. The summed E-state index contributed by atoms with van der Waals surface area (Å²) in [4.78, 5) is 0. The number of hydrogen-bond acceptors (Lipinski definition) is 3. The van der Waals surface area contributed by atoms with Crippen molar-refractivity contribution in [1.82, 2.24) is 0 Å². The molecule has 112 valence electrons. The molecule has 21 heavy (non-hydrogen) atoms. The van der Waals surface area contributed by atoms with Gasteiger partial charge >= 0.3 is 0 Å². The van der Waals surface area contributed by atoms with E-state index in [1.807, 2.05) is 0 Å². The Labute approximate surface area is 112 Å². The molecule has 9 heteroatoms. The molecule has 2 aromatic carbocycles. The second kappa shape index (κ2) is 4.76. The fourth-order valence-corrected chi connectivity index (χ4v) is 1.65. The molecular weight excluding hydrogens is 306 g/mol. The first kappa shape index (κ1) is 14.8. The highest BCUT2D eigenvalue weighted by Crippen LogP contribution is 2.43. The molecule has 0 aliphatic heterocycles. The van der Waals surface area contributed by atoms with Crippen LogP contribution < -0.4 is 0 Å². The minimum absolute atomic E-state index is 0.0296. The molecule has 0 unspecified atom stereocenters. The van der Waals surface area contributed by atoms with E-state index in [4.69, 9.17) is 10.2 Å². The summed E-state index contributed by atoms with van der Waals surface area (Å²) < 4.78 is 79.6. The van der Waals surface area contributed by atoms with Crippen molar-refractivity contribution in [1.29, 1.82) is 0 Å². The Balaban J connectivity index is 2.93. The molecule has 0 saturated heterocycles. The second-order valence-electron chi connectivity index (χ2n) is 3.90. The van der Waals surface area contributed by atoms with Crippen LogP contribution in [0.2, 0.25) is 0 Å². The molecule has 0 bridgehead atoms. The Bertz CT molecular complexity index is 731. The van der Waals surface area contributed by atoms with E-state index in [1.165, 1.54) is 0 Å². The first-order valence-electron chi connectivity index (χ1n) is 5.13. The van der Waals surface area contributed by atoms with Crippen molar-refractivity contribution in [2.24, 2.45) is 0 Å². The standard InChI is InChI=1S/C12H4F6O3/c13-3-1-2(10(19)12(21)5(3)14)4-6(15)8(17)11(20)9(18)7(4)16/h1,19-21H. The van der Waals surface area contributed by atoms with Gasteiger partial charge in [-0.1, -0.05) is 0 Å². The SMILES string of the molecule is Oc1c(-c2c(F)c(F)c(O)c(F)c2F)cc(F)c(F)c1O. The summed E-state index contributed by atoms with van der Waals surface area (Å²) in [6.45, 7) is 0. The molecule has 0 atom stereocenters. The molecule has 0 radical (unpaired) electrons. The van der Waals surface area contributed by atoms with Crippen molar-refractivity contribution >= 4 is 0 Å². The normalized spacial score (nSPS) is 11.0. The lowest BCUT2D eigenvalue weighted by molar-refractivity contribution is 0.355. The summed E-state index contributed by atoms with van der Waals surface area (Å²) in [7, 11) is 0. The van der Waals surface area contributed by atoms with Crippen molar-refractivity contribution in [3.05, 3.63) is 41.0 Å². The third-order valence-corrected chi connectivity index (χ3v) is 2.68. The number of phenolic OH excluding ortho intramolecular Hbond substituents is 3. The monoisotopic (exact) mass is 310 g/mol. The molecule has 0 spiro atoms. The molecule has 0 aliphatic rings. The zero-order chi connectivity index (χ0) is 16.1. The van der Waals surface area contributed by atoms with Gasteiger partial charge in [-0.25, -0.2) is 13.2 Å². The third kappa shape index (κ3) is 2.01. The largest absolute Gasteiger partial charge is 0.504 e. The zero-order valence-corrected chi connectivity index (χ0v) is 9.69. The Morgan fingerprint density at radius 2 is 1.05 bits per heavy atom. The number of aromatic hydroxyl groups is 3. The minimum Gasteiger partial charge on any atom is -0.504 e. The Morgan fingerprint density at radius 3 is 1.52 bits per heavy atom.